The van der Waals surface area contributed by atoms with E-state index in [0.717, 1.165) is 16.0 Å². The summed E-state index contributed by atoms with van der Waals surface area (Å²) in [6, 6.07) is 11.0. The molecule has 3 heterocycles. The van der Waals surface area contributed by atoms with Crippen molar-refractivity contribution in [2.45, 2.75) is 43.6 Å². The number of carbonyl (C=O) groups excluding carboxylic acids is 1. The third-order valence-corrected chi connectivity index (χ3v) is 7.33. The van der Waals surface area contributed by atoms with Gasteiger partial charge < -0.3 is 28.6 Å². The van der Waals surface area contributed by atoms with E-state index in [1.165, 1.54) is 0 Å². The van der Waals surface area contributed by atoms with Crippen LogP contribution < -0.4 is 18.9 Å². The first kappa shape index (κ1) is 26.1. The second kappa shape index (κ2) is 9.35. The minimum Gasteiger partial charge on any atom is -0.454 e. The van der Waals surface area contributed by atoms with E-state index in [2.05, 4.69) is 4.74 Å². The number of nitrogens with zero attached hydrogens (tertiary/aromatic N) is 1. The lowest BCUT2D eigenvalue weighted by molar-refractivity contribution is -0.308. The second-order valence-corrected chi connectivity index (χ2v) is 9.45. The van der Waals surface area contributed by atoms with Crippen molar-refractivity contribution in [1.29, 1.82) is 0 Å². The molecule has 7 nitrogen and oxygen atoms in total. The van der Waals surface area contributed by atoms with E-state index in [9.17, 15) is 31.1 Å². The maximum absolute atomic E-state index is 12.9. The number of hydrogen-bond acceptors (Lipinski definition) is 6. The molecule has 0 unspecified atom stereocenters. The van der Waals surface area contributed by atoms with Crippen LogP contribution in [0, 0.1) is 5.92 Å². The van der Waals surface area contributed by atoms with E-state index in [1.807, 2.05) is 31.2 Å². The average molecular weight is 547 g/mol. The van der Waals surface area contributed by atoms with Gasteiger partial charge in [-0.3, -0.25) is 0 Å². The van der Waals surface area contributed by atoms with Gasteiger partial charge >= 0.3 is 18.4 Å². The topological polar surface area (TPSA) is 66.5 Å². The molecule has 3 aliphatic rings. The first-order chi connectivity index (χ1) is 17.9. The van der Waals surface area contributed by atoms with Crippen LogP contribution in [-0.2, 0) is 10.2 Å². The molecule has 38 heavy (non-hydrogen) atoms. The molecule has 0 aliphatic carbocycles. The largest absolute Gasteiger partial charge is 0.454 e. The Balaban J connectivity index is 1.39. The number of alkyl halides is 6. The second-order valence-electron chi connectivity index (χ2n) is 9.45. The van der Waals surface area contributed by atoms with Crippen molar-refractivity contribution in [2.75, 3.05) is 26.7 Å². The van der Waals surface area contributed by atoms with E-state index < -0.39 is 30.0 Å². The maximum atomic E-state index is 12.9. The van der Waals surface area contributed by atoms with E-state index in [-0.39, 0.29) is 45.4 Å². The minimum atomic E-state index is -5.77. The quantitative estimate of drug-likeness (QED) is 0.452. The Bertz CT molecular complexity index is 1140. The predicted octanol–water partition coefficient (Wildman–Crippen LogP) is 5.79. The van der Waals surface area contributed by atoms with Gasteiger partial charge in [0, 0.05) is 18.5 Å². The summed E-state index contributed by atoms with van der Waals surface area (Å²) < 4.78 is 103. The van der Waals surface area contributed by atoms with Gasteiger partial charge in [-0.25, -0.2) is 4.79 Å². The number of hydrogen-bond donors (Lipinski definition) is 0. The van der Waals surface area contributed by atoms with Crippen molar-refractivity contribution in [2.24, 2.45) is 5.92 Å². The molecule has 0 aromatic heterocycles. The van der Waals surface area contributed by atoms with Crippen LogP contribution in [0.15, 0.2) is 36.4 Å². The van der Waals surface area contributed by atoms with Crippen molar-refractivity contribution in [3.05, 3.63) is 47.5 Å². The minimum absolute atomic E-state index is 0.0802. The van der Waals surface area contributed by atoms with E-state index >= 15 is 0 Å². The normalized spacial score (nSPS) is 17.7. The van der Waals surface area contributed by atoms with Crippen LogP contribution in [0.3, 0.4) is 0 Å². The van der Waals surface area contributed by atoms with Crippen LogP contribution in [-0.4, -0.2) is 56.1 Å². The molecule has 3 aliphatic heterocycles. The monoisotopic (exact) mass is 547 g/mol. The van der Waals surface area contributed by atoms with Gasteiger partial charge in [-0.05, 0) is 54.2 Å². The first-order valence-corrected chi connectivity index (χ1v) is 11.8. The molecule has 0 saturated carbocycles. The number of rotatable bonds is 4. The number of halogens is 6. The van der Waals surface area contributed by atoms with Gasteiger partial charge in [0.05, 0.1) is 0 Å². The molecule has 2 aromatic carbocycles. The summed E-state index contributed by atoms with van der Waals surface area (Å²) in [6.07, 6.45) is -16.8. The van der Waals surface area contributed by atoms with E-state index in [0.29, 0.717) is 23.0 Å². The lowest BCUT2D eigenvalue weighted by atomic mass is 9.64. The molecule has 0 spiro atoms. The Morgan fingerprint density at radius 2 is 1.26 bits per heavy atom. The predicted molar refractivity (Wildman–Crippen MR) is 118 cm³/mol. The van der Waals surface area contributed by atoms with E-state index in [1.54, 1.807) is 12.1 Å². The van der Waals surface area contributed by atoms with Crippen molar-refractivity contribution in [3.8, 4) is 23.0 Å². The molecule has 0 bridgehead atoms. The van der Waals surface area contributed by atoms with Gasteiger partial charge in [-0.2, -0.15) is 26.3 Å². The van der Waals surface area contributed by atoms with Crippen molar-refractivity contribution >= 4 is 6.09 Å². The number of fused-ring (bicyclic) bond motifs is 2. The lowest BCUT2D eigenvalue weighted by Crippen LogP contribution is -2.50. The third kappa shape index (κ3) is 4.73. The molecule has 1 amide bonds. The van der Waals surface area contributed by atoms with Crippen LogP contribution in [0.2, 0.25) is 0 Å². The number of likely N-dealkylation sites (tertiary alicyclic amines) is 1. The molecule has 1 saturated heterocycles. The van der Waals surface area contributed by atoms with Crippen LogP contribution in [0.1, 0.15) is 30.9 Å². The van der Waals surface area contributed by atoms with Crippen molar-refractivity contribution in [3.63, 3.8) is 0 Å². The van der Waals surface area contributed by atoms with Gasteiger partial charge in [0.25, 0.3) is 6.10 Å². The fraction of sp³-hybridized carbons (Fsp3) is 0.480. The van der Waals surface area contributed by atoms with Crippen LogP contribution in [0.4, 0.5) is 31.1 Å². The Morgan fingerprint density at radius 3 is 1.71 bits per heavy atom. The fourth-order valence-corrected chi connectivity index (χ4v) is 5.21. The Kier molecular flexibility index (Phi) is 6.42. The Labute approximate surface area is 213 Å². The Morgan fingerprint density at radius 1 is 0.816 bits per heavy atom. The van der Waals surface area contributed by atoms with Gasteiger partial charge in [-0.15, -0.1) is 0 Å². The zero-order valence-corrected chi connectivity index (χ0v) is 20.0. The molecule has 5 rings (SSSR count). The number of carbonyl (C=O) groups is 1. The summed E-state index contributed by atoms with van der Waals surface area (Å²) >= 11 is 0. The molecule has 1 fully saturated rings. The first-order valence-electron chi connectivity index (χ1n) is 11.8. The molecule has 2 aromatic rings. The summed E-state index contributed by atoms with van der Waals surface area (Å²) in [6.45, 7) is 1.98. The lowest BCUT2D eigenvalue weighted by Gasteiger charge is -2.43. The Hall–Kier alpha value is -3.51. The summed E-state index contributed by atoms with van der Waals surface area (Å²) in [5.41, 5.74) is 1.02. The zero-order valence-electron chi connectivity index (χ0n) is 20.0. The smallest absolute Gasteiger partial charge is 0.434 e. The fourth-order valence-electron chi connectivity index (χ4n) is 5.21. The molecule has 13 heteroatoms. The van der Waals surface area contributed by atoms with Crippen LogP contribution in [0.5, 0.6) is 23.0 Å². The van der Waals surface area contributed by atoms with Gasteiger partial charge in [0.2, 0.25) is 13.6 Å². The van der Waals surface area contributed by atoms with Crippen molar-refractivity contribution < 1.29 is 54.8 Å². The summed E-state index contributed by atoms with van der Waals surface area (Å²) in [5.74, 6) is 2.13. The highest BCUT2D eigenvalue weighted by molar-refractivity contribution is 5.68. The maximum Gasteiger partial charge on any atom is 0.434 e. The highest BCUT2D eigenvalue weighted by atomic mass is 19.4. The van der Waals surface area contributed by atoms with Gasteiger partial charge in [-0.1, -0.05) is 19.1 Å². The zero-order chi connectivity index (χ0) is 27.3. The summed E-state index contributed by atoms with van der Waals surface area (Å²) in [7, 11) is 0. The highest BCUT2D eigenvalue weighted by Gasteiger charge is 2.60. The molecule has 206 valence electrons. The third-order valence-electron chi connectivity index (χ3n) is 7.33. The summed E-state index contributed by atoms with van der Waals surface area (Å²) in [4.78, 5) is 13.2. The summed E-state index contributed by atoms with van der Waals surface area (Å²) in [5, 5.41) is 0. The van der Waals surface area contributed by atoms with Gasteiger partial charge in [0.15, 0.2) is 23.0 Å². The number of ether oxygens (including phenoxy) is 5. The van der Waals surface area contributed by atoms with Crippen molar-refractivity contribution in [1.82, 2.24) is 4.90 Å². The highest BCUT2D eigenvalue weighted by Crippen LogP contribution is 2.49. The molecular formula is C25H23F6NO6. The average Bonchev–Trinajstić information content (AvgIpc) is 3.53. The van der Waals surface area contributed by atoms with Crippen LogP contribution >= 0.6 is 0 Å². The molecular weight excluding hydrogens is 524 g/mol. The van der Waals surface area contributed by atoms with E-state index in [4.69, 9.17) is 18.9 Å². The standard InChI is InChI=1S/C25H23F6NO6/c1-23(15-2-4-17-19(10-15)36-12-34-17,16-3-5-18-20(11-16)37-13-35-18)14-6-8-32(9-7-14)22(33)38-21(24(26,27)28)25(29,30)31/h2-5,10-11,14,21H,6-9,12-13H2,1H3. The molecule has 0 radical (unpaired) electrons. The number of amides is 1. The SMILES string of the molecule is CC(c1ccc2c(c1)OCO2)(c1ccc2c(c1)OCO2)C1CCN(C(=O)OC(C(F)(F)F)C(F)(F)F)CC1. The number of benzene rings is 2. The molecule has 0 N–H and O–H groups in total. The van der Waals surface area contributed by atoms with Gasteiger partial charge in [0.1, 0.15) is 0 Å². The van der Waals surface area contributed by atoms with Crippen LogP contribution in [0.25, 0.3) is 0 Å². The number of piperidine rings is 1. The molecule has 0 atom stereocenters.